The van der Waals surface area contributed by atoms with Gasteiger partial charge in [-0.05, 0) is 6.92 Å². The van der Waals surface area contributed by atoms with Crippen molar-refractivity contribution in [1.82, 2.24) is 0 Å². The fourth-order valence-corrected chi connectivity index (χ4v) is 0.648. The molecule has 7 heteroatoms. The van der Waals surface area contributed by atoms with Gasteiger partial charge < -0.3 is 14.5 Å². The van der Waals surface area contributed by atoms with E-state index < -0.39 is 22.5 Å². The van der Waals surface area contributed by atoms with Gasteiger partial charge in [0, 0.05) is 0 Å². The standard InChI is InChI=1S/C3H6O6S/c1-2(3(4)5)9-10(6,7)8/h2H,1H3,(H,4,5)(H,6,7,8)/p-2/t2-/m0/s1. The first-order chi connectivity index (χ1) is 4.33. The van der Waals surface area contributed by atoms with Crippen LogP contribution in [0.3, 0.4) is 0 Å². The van der Waals surface area contributed by atoms with Gasteiger partial charge in [-0.2, -0.15) is 0 Å². The van der Waals surface area contributed by atoms with E-state index in [-0.39, 0.29) is 0 Å². The lowest BCUT2D eigenvalue weighted by molar-refractivity contribution is -0.313. The summed E-state index contributed by atoms with van der Waals surface area (Å²) in [4.78, 5) is 9.74. The van der Waals surface area contributed by atoms with E-state index in [2.05, 4.69) is 4.18 Å². The number of rotatable bonds is 3. The van der Waals surface area contributed by atoms with Crippen molar-refractivity contribution in [2.75, 3.05) is 0 Å². The van der Waals surface area contributed by atoms with Gasteiger partial charge in [0.15, 0.2) is 0 Å². The Morgan fingerprint density at radius 3 is 2.10 bits per heavy atom. The molecular formula is C3H4O6S-2. The van der Waals surface area contributed by atoms with Crippen molar-refractivity contribution >= 4 is 16.4 Å². The number of hydrogen-bond donors (Lipinski definition) is 0. The largest absolute Gasteiger partial charge is 0.726 e. The van der Waals surface area contributed by atoms with Gasteiger partial charge in [0.2, 0.25) is 10.4 Å². The van der Waals surface area contributed by atoms with Crippen LogP contribution < -0.4 is 5.11 Å². The third-order valence-electron chi connectivity index (χ3n) is 0.594. The van der Waals surface area contributed by atoms with Crippen LogP contribution in [0.2, 0.25) is 0 Å². The molecule has 0 heterocycles. The van der Waals surface area contributed by atoms with Crippen LogP contribution >= 0.6 is 0 Å². The molecule has 0 unspecified atom stereocenters. The maximum absolute atomic E-state index is 9.74. The predicted molar refractivity (Wildman–Crippen MR) is 25.3 cm³/mol. The van der Waals surface area contributed by atoms with Crippen molar-refractivity contribution in [3.63, 3.8) is 0 Å². The molecule has 0 aromatic rings. The summed E-state index contributed by atoms with van der Waals surface area (Å²) in [5, 5.41) is 9.74. The molecule has 0 saturated carbocycles. The van der Waals surface area contributed by atoms with Gasteiger partial charge in [0.1, 0.15) is 6.10 Å². The molecule has 10 heavy (non-hydrogen) atoms. The molecule has 0 fully saturated rings. The number of carbonyl (C=O) groups is 1. The first-order valence-electron chi connectivity index (χ1n) is 2.18. The van der Waals surface area contributed by atoms with E-state index in [1.807, 2.05) is 0 Å². The first-order valence-corrected chi connectivity index (χ1v) is 3.51. The minimum absolute atomic E-state index is 0.880. The normalized spacial score (nSPS) is 14.6. The molecule has 0 spiro atoms. The number of carbonyl (C=O) groups excluding carboxylic acids is 1. The van der Waals surface area contributed by atoms with Crippen molar-refractivity contribution in [2.24, 2.45) is 0 Å². The molecule has 0 aliphatic carbocycles. The molecule has 6 nitrogen and oxygen atoms in total. The lowest BCUT2D eigenvalue weighted by atomic mass is 10.4. The van der Waals surface area contributed by atoms with Crippen molar-refractivity contribution in [3.8, 4) is 0 Å². The van der Waals surface area contributed by atoms with Gasteiger partial charge >= 0.3 is 0 Å². The second kappa shape index (κ2) is 2.95. The summed E-state index contributed by atoms with van der Waals surface area (Å²) in [6.45, 7) is 0.880. The molecule has 0 bridgehead atoms. The summed E-state index contributed by atoms with van der Waals surface area (Å²) in [6, 6.07) is 0. The highest BCUT2D eigenvalue weighted by Gasteiger charge is 2.05. The summed E-state index contributed by atoms with van der Waals surface area (Å²) in [6.07, 6.45) is -1.73. The van der Waals surface area contributed by atoms with Gasteiger partial charge in [-0.25, -0.2) is 8.42 Å². The Kier molecular flexibility index (Phi) is 2.76. The van der Waals surface area contributed by atoms with Crippen LogP contribution in [0.5, 0.6) is 0 Å². The highest BCUT2D eigenvalue weighted by molar-refractivity contribution is 7.80. The molecule has 0 aromatic heterocycles. The van der Waals surface area contributed by atoms with E-state index in [9.17, 15) is 22.9 Å². The van der Waals surface area contributed by atoms with E-state index in [0.717, 1.165) is 6.92 Å². The van der Waals surface area contributed by atoms with Crippen molar-refractivity contribution < 1.29 is 27.1 Å². The van der Waals surface area contributed by atoms with Gasteiger partial charge in [-0.3, -0.25) is 4.18 Å². The molecule has 0 aliphatic rings. The van der Waals surface area contributed by atoms with Gasteiger partial charge in [-0.1, -0.05) is 0 Å². The summed E-state index contributed by atoms with van der Waals surface area (Å²) >= 11 is 0. The van der Waals surface area contributed by atoms with Crippen LogP contribution in [0.1, 0.15) is 6.92 Å². The van der Waals surface area contributed by atoms with Gasteiger partial charge in [0.25, 0.3) is 0 Å². The fraction of sp³-hybridized carbons (Fsp3) is 0.667. The summed E-state index contributed by atoms with van der Waals surface area (Å²) < 4.78 is 32.5. The van der Waals surface area contributed by atoms with Crippen LogP contribution in [0.15, 0.2) is 0 Å². The van der Waals surface area contributed by atoms with Crippen molar-refractivity contribution in [3.05, 3.63) is 0 Å². The zero-order valence-electron chi connectivity index (χ0n) is 4.94. The number of carboxylic acid groups (broad SMARTS) is 1. The van der Waals surface area contributed by atoms with Gasteiger partial charge in [-0.15, -0.1) is 0 Å². The van der Waals surface area contributed by atoms with E-state index in [4.69, 9.17) is 0 Å². The molecule has 0 radical (unpaired) electrons. The molecule has 0 saturated heterocycles. The highest BCUT2D eigenvalue weighted by Crippen LogP contribution is 1.93. The molecule has 0 N–H and O–H groups in total. The monoisotopic (exact) mass is 168 g/mol. The minimum atomic E-state index is -4.94. The molecular weight excluding hydrogens is 164 g/mol. The average molecular weight is 168 g/mol. The molecule has 1 atom stereocenters. The van der Waals surface area contributed by atoms with E-state index in [1.54, 1.807) is 0 Å². The maximum atomic E-state index is 9.74. The van der Waals surface area contributed by atoms with Gasteiger partial charge in [0.05, 0.1) is 5.97 Å². The van der Waals surface area contributed by atoms with E-state index >= 15 is 0 Å². The summed E-state index contributed by atoms with van der Waals surface area (Å²) in [7, 11) is -4.94. The average Bonchev–Trinajstić information content (AvgIpc) is 1.60. The van der Waals surface area contributed by atoms with Crippen LogP contribution in [0.25, 0.3) is 0 Å². The highest BCUT2D eigenvalue weighted by atomic mass is 32.3. The second-order valence-electron chi connectivity index (χ2n) is 1.47. The Balaban J connectivity index is 4.06. The smallest absolute Gasteiger partial charge is 0.218 e. The zero-order valence-corrected chi connectivity index (χ0v) is 5.75. The minimum Gasteiger partial charge on any atom is -0.726 e. The Morgan fingerprint density at radius 2 is 2.00 bits per heavy atom. The van der Waals surface area contributed by atoms with Crippen LogP contribution in [0, 0.1) is 0 Å². The zero-order chi connectivity index (χ0) is 8.36. The lowest BCUT2D eigenvalue weighted by Gasteiger charge is -2.14. The SMILES string of the molecule is C[C@H](OS(=O)(=O)[O-])C(=O)[O-]. The van der Waals surface area contributed by atoms with Crippen LogP contribution in [-0.4, -0.2) is 25.0 Å². The Bertz CT molecular complexity index is 215. The van der Waals surface area contributed by atoms with Crippen LogP contribution in [-0.2, 0) is 19.4 Å². The molecule has 0 aromatic carbocycles. The topological polar surface area (TPSA) is 107 Å². The van der Waals surface area contributed by atoms with Crippen molar-refractivity contribution in [2.45, 2.75) is 13.0 Å². The third-order valence-corrected chi connectivity index (χ3v) is 1.12. The summed E-state index contributed by atoms with van der Waals surface area (Å²) in [5.41, 5.74) is 0. The first kappa shape index (κ1) is 9.34. The lowest BCUT2D eigenvalue weighted by Crippen LogP contribution is -2.36. The molecule has 0 aliphatic heterocycles. The molecule has 60 valence electrons. The number of hydrogen-bond acceptors (Lipinski definition) is 6. The fourth-order valence-electron chi connectivity index (χ4n) is 0.216. The van der Waals surface area contributed by atoms with Crippen molar-refractivity contribution in [1.29, 1.82) is 0 Å². The van der Waals surface area contributed by atoms with E-state index in [1.165, 1.54) is 0 Å². The second-order valence-corrected chi connectivity index (χ2v) is 2.47. The summed E-state index contributed by atoms with van der Waals surface area (Å²) in [5.74, 6) is -1.75. The van der Waals surface area contributed by atoms with Crippen LogP contribution in [0.4, 0.5) is 0 Å². The number of aliphatic carboxylic acids is 1. The maximum Gasteiger partial charge on any atom is 0.218 e. The number of carboxylic acids is 1. The molecule has 0 amide bonds. The Labute approximate surface area is 57.4 Å². The predicted octanol–water partition coefficient (Wildman–Crippen LogP) is -2.40. The quantitative estimate of drug-likeness (QED) is 0.343. The molecule has 0 rings (SSSR count). The Morgan fingerprint density at radius 1 is 1.60 bits per heavy atom. The third kappa shape index (κ3) is 4.24. The Hall–Kier alpha value is -0.660. The van der Waals surface area contributed by atoms with E-state index in [0.29, 0.717) is 0 Å².